The topological polar surface area (TPSA) is 53.2 Å². The first kappa shape index (κ1) is 16.0. The van der Waals surface area contributed by atoms with Gasteiger partial charge in [0.2, 0.25) is 5.91 Å². The van der Waals surface area contributed by atoms with Crippen LogP contribution in [0.15, 0.2) is 42.5 Å². The lowest BCUT2D eigenvalue weighted by Crippen LogP contribution is -2.19. The highest BCUT2D eigenvalue weighted by atomic mass is 32.1. The first-order valence-electron chi connectivity index (χ1n) is 6.97. The number of anilines is 3. The van der Waals surface area contributed by atoms with Gasteiger partial charge in [0.1, 0.15) is 0 Å². The van der Waals surface area contributed by atoms with Crippen LogP contribution in [0.3, 0.4) is 0 Å². The molecule has 0 aliphatic rings. The van der Waals surface area contributed by atoms with Crippen LogP contribution in [0.2, 0.25) is 0 Å². The van der Waals surface area contributed by atoms with Crippen LogP contribution >= 0.6 is 12.2 Å². The fourth-order valence-corrected chi connectivity index (χ4v) is 2.19. The zero-order chi connectivity index (χ0) is 16.1. The minimum atomic E-state index is -0.0902. The highest BCUT2D eigenvalue weighted by Crippen LogP contribution is 2.16. The van der Waals surface area contributed by atoms with Crippen LogP contribution in [0.25, 0.3) is 0 Å². The van der Waals surface area contributed by atoms with Gasteiger partial charge in [-0.15, -0.1) is 0 Å². The quantitative estimate of drug-likeness (QED) is 0.748. The molecule has 0 aliphatic heterocycles. The van der Waals surface area contributed by atoms with Crippen LogP contribution in [0.5, 0.6) is 0 Å². The zero-order valence-corrected chi connectivity index (χ0v) is 13.7. The fourth-order valence-electron chi connectivity index (χ4n) is 1.95. The summed E-state index contributed by atoms with van der Waals surface area (Å²) in [4.78, 5) is 11.0. The Hall–Kier alpha value is -2.40. The molecule has 0 fully saturated rings. The molecule has 0 unspecified atom stereocenters. The summed E-state index contributed by atoms with van der Waals surface area (Å²) in [7, 11) is 0. The monoisotopic (exact) mass is 313 g/mol. The van der Waals surface area contributed by atoms with Crippen LogP contribution < -0.4 is 16.0 Å². The molecule has 114 valence electrons. The molecule has 5 heteroatoms. The minimum absolute atomic E-state index is 0.0902. The normalized spacial score (nSPS) is 9.95. The minimum Gasteiger partial charge on any atom is -0.332 e. The number of aryl methyl sites for hydroxylation is 2. The van der Waals surface area contributed by atoms with Crippen molar-refractivity contribution < 1.29 is 4.79 Å². The molecule has 0 aromatic heterocycles. The number of carbonyl (C=O) groups is 1. The number of nitrogens with one attached hydrogen (secondary N) is 3. The summed E-state index contributed by atoms with van der Waals surface area (Å²) >= 11 is 5.30. The Morgan fingerprint density at radius 1 is 0.818 bits per heavy atom. The lowest BCUT2D eigenvalue weighted by atomic mass is 10.1. The van der Waals surface area contributed by atoms with Gasteiger partial charge in [-0.05, 0) is 73.6 Å². The lowest BCUT2D eigenvalue weighted by molar-refractivity contribution is -0.114. The van der Waals surface area contributed by atoms with Crippen molar-refractivity contribution in [1.82, 2.24) is 0 Å². The third-order valence-corrected chi connectivity index (χ3v) is 3.43. The molecule has 0 atom stereocenters. The van der Waals surface area contributed by atoms with E-state index in [4.69, 9.17) is 12.2 Å². The van der Waals surface area contributed by atoms with E-state index in [1.54, 1.807) is 0 Å². The third kappa shape index (κ3) is 4.56. The van der Waals surface area contributed by atoms with Gasteiger partial charge in [0.25, 0.3) is 0 Å². The SMILES string of the molecule is CC(=O)Nc1ccc(NC(=S)Nc2ccc(C)c(C)c2)cc1. The van der Waals surface area contributed by atoms with E-state index in [9.17, 15) is 4.79 Å². The molecule has 2 aromatic rings. The molecule has 0 aliphatic carbocycles. The molecule has 2 aromatic carbocycles. The van der Waals surface area contributed by atoms with E-state index >= 15 is 0 Å². The van der Waals surface area contributed by atoms with E-state index in [1.807, 2.05) is 30.3 Å². The molecule has 3 N–H and O–H groups in total. The Balaban J connectivity index is 1.96. The van der Waals surface area contributed by atoms with Gasteiger partial charge in [-0.1, -0.05) is 6.07 Å². The van der Waals surface area contributed by atoms with Crippen LogP contribution in [0.1, 0.15) is 18.1 Å². The molecule has 0 radical (unpaired) electrons. The Morgan fingerprint density at radius 2 is 1.32 bits per heavy atom. The smallest absolute Gasteiger partial charge is 0.221 e. The molecule has 0 spiro atoms. The van der Waals surface area contributed by atoms with E-state index < -0.39 is 0 Å². The van der Waals surface area contributed by atoms with Crippen molar-refractivity contribution >= 4 is 40.3 Å². The summed E-state index contributed by atoms with van der Waals surface area (Å²) in [5.41, 5.74) is 5.03. The molecule has 0 bridgehead atoms. The number of amides is 1. The van der Waals surface area contributed by atoms with Crippen molar-refractivity contribution in [1.29, 1.82) is 0 Å². The molecule has 22 heavy (non-hydrogen) atoms. The van der Waals surface area contributed by atoms with E-state index in [1.165, 1.54) is 18.1 Å². The largest absolute Gasteiger partial charge is 0.332 e. The van der Waals surface area contributed by atoms with E-state index in [2.05, 4.69) is 41.9 Å². The number of carbonyl (C=O) groups excluding carboxylic acids is 1. The second kappa shape index (κ2) is 7.04. The van der Waals surface area contributed by atoms with E-state index in [0.717, 1.165) is 17.1 Å². The van der Waals surface area contributed by atoms with Crippen LogP contribution in [0, 0.1) is 13.8 Å². The van der Waals surface area contributed by atoms with Gasteiger partial charge in [0.05, 0.1) is 0 Å². The Bertz CT molecular complexity index is 696. The average molecular weight is 313 g/mol. The van der Waals surface area contributed by atoms with Crippen molar-refractivity contribution in [2.45, 2.75) is 20.8 Å². The van der Waals surface area contributed by atoms with Crippen molar-refractivity contribution in [3.63, 3.8) is 0 Å². The van der Waals surface area contributed by atoms with Crippen molar-refractivity contribution in [3.05, 3.63) is 53.6 Å². The maximum Gasteiger partial charge on any atom is 0.221 e. The Morgan fingerprint density at radius 3 is 1.86 bits per heavy atom. The standard InChI is InChI=1S/C17H19N3OS/c1-11-4-5-16(10-12(11)2)20-17(22)19-15-8-6-14(7-9-15)18-13(3)21/h4-10H,1-3H3,(H,18,21)(H2,19,20,22). The predicted octanol–water partition coefficient (Wildman–Crippen LogP) is 4.07. The summed E-state index contributed by atoms with van der Waals surface area (Å²) in [6.45, 7) is 5.62. The molecule has 0 saturated heterocycles. The summed E-state index contributed by atoms with van der Waals surface area (Å²) in [5.74, 6) is -0.0902. The van der Waals surface area contributed by atoms with E-state index in [-0.39, 0.29) is 5.91 Å². The lowest BCUT2D eigenvalue weighted by Gasteiger charge is -2.12. The second-order valence-electron chi connectivity index (χ2n) is 5.14. The molecule has 0 heterocycles. The molecular weight excluding hydrogens is 294 g/mol. The number of rotatable bonds is 3. The maximum absolute atomic E-state index is 11.0. The van der Waals surface area contributed by atoms with Crippen LogP contribution in [0.4, 0.5) is 17.1 Å². The Kier molecular flexibility index (Phi) is 5.12. The van der Waals surface area contributed by atoms with Gasteiger partial charge in [0.15, 0.2) is 5.11 Å². The number of benzene rings is 2. The van der Waals surface area contributed by atoms with Crippen LogP contribution in [-0.4, -0.2) is 11.0 Å². The average Bonchev–Trinajstić information content (AvgIpc) is 2.44. The zero-order valence-electron chi connectivity index (χ0n) is 12.9. The summed E-state index contributed by atoms with van der Waals surface area (Å²) in [6, 6.07) is 13.5. The van der Waals surface area contributed by atoms with Gasteiger partial charge in [-0.2, -0.15) is 0 Å². The van der Waals surface area contributed by atoms with Gasteiger partial charge < -0.3 is 16.0 Å². The maximum atomic E-state index is 11.0. The fraction of sp³-hybridized carbons (Fsp3) is 0.176. The molecule has 1 amide bonds. The molecule has 0 saturated carbocycles. The van der Waals surface area contributed by atoms with Crippen LogP contribution in [-0.2, 0) is 4.79 Å². The van der Waals surface area contributed by atoms with Gasteiger partial charge >= 0.3 is 0 Å². The van der Waals surface area contributed by atoms with Gasteiger partial charge in [0, 0.05) is 24.0 Å². The predicted molar refractivity (Wildman–Crippen MR) is 96.5 cm³/mol. The summed E-state index contributed by atoms with van der Waals surface area (Å²) in [6.07, 6.45) is 0. The van der Waals surface area contributed by atoms with E-state index in [0.29, 0.717) is 5.11 Å². The first-order chi connectivity index (χ1) is 10.4. The van der Waals surface area contributed by atoms with Gasteiger partial charge in [-0.3, -0.25) is 4.79 Å². The van der Waals surface area contributed by atoms with Crippen molar-refractivity contribution in [2.24, 2.45) is 0 Å². The first-order valence-corrected chi connectivity index (χ1v) is 7.38. The molecular formula is C17H19N3OS. The third-order valence-electron chi connectivity index (χ3n) is 3.23. The highest BCUT2D eigenvalue weighted by molar-refractivity contribution is 7.80. The number of hydrogen-bond acceptors (Lipinski definition) is 2. The number of hydrogen-bond donors (Lipinski definition) is 3. The Labute approximate surface area is 135 Å². The molecule has 2 rings (SSSR count). The second-order valence-corrected chi connectivity index (χ2v) is 5.54. The van der Waals surface area contributed by atoms with Gasteiger partial charge in [-0.25, -0.2) is 0 Å². The highest BCUT2D eigenvalue weighted by Gasteiger charge is 2.01. The van der Waals surface area contributed by atoms with Crippen molar-refractivity contribution in [3.8, 4) is 0 Å². The summed E-state index contributed by atoms with van der Waals surface area (Å²) < 4.78 is 0. The molecule has 4 nitrogen and oxygen atoms in total. The van der Waals surface area contributed by atoms with Crippen molar-refractivity contribution in [2.75, 3.05) is 16.0 Å². The number of thiocarbonyl (C=S) groups is 1. The summed E-state index contributed by atoms with van der Waals surface area (Å²) in [5, 5.41) is 9.51.